The van der Waals surface area contributed by atoms with E-state index in [1.807, 2.05) is 48.7 Å². The van der Waals surface area contributed by atoms with Crippen LogP contribution in [-0.2, 0) is 12.8 Å². The van der Waals surface area contributed by atoms with Gasteiger partial charge in [0.05, 0.1) is 11.8 Å². The van der Waals surface area contributed by atoms with Crippen LogP contribution >= 0.6 is 0 Å². The Morgan fingerprint density at radius 2 is 1.77 bits per heavy atom. The maximum absolute atomic E-state index is 13.7. The molecule has 1 saturated heterocycles. The molecule has 1 aromatic heterocycles. The molecule has 7 nitrogen and oxygen atoms in total. The van der Waals surface area contributed by atoms with Gasteiger partial charge < -0.3 is 15.4 Å². The van der Waals surface area contributed by atoms with Crippen LogP contribution < -0.4 is 15.4 Å². The molecule has 3 N–H and O–H groups in total. The number of nitrogens with zero attached hydrogens (tertiary/aromatic N) is 2. The third-order valence-electron chi connectivity index (χ3n) is 7.73. The number of hydrogen-bond acceptors (Lipinski definition) is 5. The summed E-state index contributed by atoms with van der Waals surface area (Å²) in [5.41, 5.74) is 6.95. The molecule has 1 atom stereocenters. The van der Waals surface area contributed by atoms with E-state index in [9.17, 15) is 4.79 Å². The minimum atomic E-state index is -0.199. The molecule has 200 valence electrons. The van der Waals surface area contributed by atoms with Crippen molar-refractivity contribution in [3.63, 3.8) is 0 Å². The van der Waals surface area contributed by atoms with Crippen molar-refractivity contribution in [1.82, 2.24) is 20.4 Å². The Bertz CT molecular complexity index is 1400. The van der Waals surface area contributed by atoms with Crippen LogP contribution in [0.4, 0.5) is 5.69 Å². The van der Waals surface area contributed by atoms with Crippen molar-refractivity contribution in [3.05, 3.63) is 101 Å². The number of carbonyl (C=O) groups excluding carboxylic acids is 1. The fourth-order valence-electron chi connectivity index (χ4n) is 5.58. The monoisotopic (exact) mass is 521 g/mol. The van der Waals surface area contributed by atoms with Crippen molar-refractivity contribution in [1.29, 1.82) is 0 Å². The molecule has 0 radical (unpaired) electrons. The smallest absolute Gasteiger partial charge is 0.259 e. The molecule has 39 heavy (non-hydrogen) atoms. The number of amides is 1. The Labute approximate surface area is 229 Å². The van der Waals surface area contributed by atoms with Crippen LogP contribution in [0.15, 0.2) is 79.1 Å². The highest BCUT2D eigenvalue weighted by atomic mass is 16.5. The number of ether oxygens (including phenoxy) is 1. The molecule has 7 heteroatoms. The third-order valence-corrected chi connectivity index (χ3v) is 7.73. The Morgan fingerprint density at radius 1 is 0.949 bits per heavy atom. The Kier molecular flexibility index (Phi) is 7.70. The molecule has 2 aliphatic heterocycles. The van der Waals surface area contributed by atoms with Gasteiger partial charge in [-0.3, -0.25) is 14.8 Å². The van der Waals surface area contributed by atoms with Crippen LogP contribution in [0.25, 0.3) is 11.1 Å². The summed E-state index contributed by atoms with van der Waals surface area (Å²) < 4.78 is 6.76. The van der Waals surface area contributed by atoms with Crippen LogP contribution in [0.3, 0.4) is 0 Å². The maximum Gasteiger partial charge on any atom is 0.259 e. The zero-order chi connectivity index (χ0) is 26.4. The van der Waals surface area contributed by atoms with Crippen LogP contribution in [0.2, 0.25) is 0 Å². The van der Waals surface area contributed by atoms with Gasteiger partial charge in [0.25, 0.3) is 5.91 Å². The molecule has 0 bridgehead atoms. The van der Waals surface area contributed by atoms with Gasteiger partial charge in [0.1, 0.15) is 11.9 Å². The van der Waals surface area contributed by atoms with Crippen molar-refractivity contribution in [3.8, 4) is 16.9 Å². The summed E-state index contributed by atoms with van der Waals surface area (Å²) in [5, 5.41) is 13.6. The number of aromatic amines is 1. The number of nitrogens with one attached hydrogen (secondary N) is 3. The largest absolute Gasteiger partial charge is 0.484 e. The molecule has 2 aliphatic rings. The van der Waals surface area contributed by atoms with Gasteiger partial charge in [-0.2, -0.15) is 5.10 Å². The van der Waals surface area contributed by atoms with Gasteiger partial charge in [-0.25, -0.2) is 0 Å². The number of benzene rings is 3. The number of rotatable bonds is 8. The second-order valence-electron chi connectivity index (χ2n) is 10.4. The fraction of sp³-hybridized carbons (Fsp3) is 0.312. The lowest BCUT2D eigenvalue weighted by Gasteiger charge is -2.26. The zero-order valence-electron chi connectivity index (χ0n) is 22.2. The third kappa shape index (κ3) is 6.05. The van der Waals surface area contributed by atoms with Crippen molar-refractivity contribution in [2.75, 3.05) is 38.0 Å². The standard InChI is InChI=1S/C32H35N5O2/c38-32(36-28-10-8-23-12-14-33-15-13-26(23)18-28)29-11-9-25(27-20-34-35-21-27)19-30(29)39-31(22-37-16-4-5-17-37)24-6-2-1-3-7-24/h1-3,6-11,18-21,31,33H,4-5,12-17,22H2,(H,34,35)(H,36,38). The molecular formula is C32H35N5O2. The summed E-state index contributed by atoms with van der Waals surface area (Å²) in [6, 6.07) is 22.3. The summed E-state index contributed by atoms with van der Waals surface area (Å²) in [5.74, 6) is 0.390. The van der Waals surface area contributed by atoms with Gasteiger partial charge in [-0.05, 0) is 98.4 Å². The number of hydrogen-bond donors (Lipinski definition) is 3. The number of aromatic nitrogens is 2. The van der Waals surface area contributed by atoms with Crippen molar-refractivity contribution in [2.24, 2.45) is 0 Å². The quantitative estimate of drug-likeness (QED) is 0.296. The Morgan fingerprint density at radius 3 is 2.56 bits per heavy atom. The van der Waals surface area contributed by atoms with Gasteiger partial charge >= 0.3 is 0 Å². The van der Waals surface area contributed by atoms with Crippen molar-refractivity contribution < 1.29 is 9.53 Å². The van der Waals surface area contributed by atoms with E-state index in [0.29, 0.717) is 11.3 Å². The SMILES string of the molecule is O=C(Nc1ccc2c(c1)CCNCC2)c1ccc(-c2cn[nH]c2)cc1OC(CN1CCCC1)c1ccccc1. The first-order chi connectivity index (χ1) is 19.2. The summed E-state index contributed by atoms with van der Waals surface area (Å²) in [6.07, 6.45) is 7.82. The second-order valence-corrected chi connectivity index (χ2v) is 10.4. The summed E-state index contributed by atoms with van der Waals surface area (Å²) in [6.45, 7) is 4.87. The number of fused-ring (bicyclic) bond motifs is 1. The topological polar surface area (TPSA) is 82.3 Å². The first kappa shape index (κ1) is 25.3. The predicted molar refractivity (Wildman–Crippen MR) is 154 cm³/mol. The predicted octanol–water partition coefficient (Wildman–Crippen LogP) is 5.23. The number of anilines is 1. The normalized spacial score (nSPS) is 16.3. The first-order valence-electron chi connectivity index (χ1n) is 13.9. The molecule has 0 aliphatic carbocycles. The van der Waals surface area contributed by atoms with E-state index in [1.165, 1.54) is 24.0 Å². The second kappa shape index (κ2) is 11.8. The van der Waals surface area contributed by atoms with Crippen LogP contribution in [0.1, 0.15) is 46.0 Å². The van der Waals surface area contributed by atoms with Gasteiger partial charge in [0.2, 0.25) is 0 Å². The molecule has 0 spiro atoms. The highest BCUT2D eigenvalue weighted by molar-refractivity contribution is 6.06. The van der Waals surface area contributed by atoms with E-state index in [4.69, 9.17) is 4.74 Å². The van der Waals surface area contributed by atoms with E-state index >= 15 is 0 Å². The summed E-state index contributed by atoms with van der Waals surface area (Å²) in [4.78, 5) is 16.1. The Balaban J connectivity index is 1.31. The minimum Gasteiger partial charge on any atom is -0.484 e. The zero-order valence-corrected chi connectivity index (χ0v) is 22.2. The van der Waals surface area contributed by atoms with Crippen molar-refractivity contribution >= 4 is 11.6 Å². The van der Waals surface area contributed by atoms with E-state index in [-0.39, 0.29) is 12.0 Å². The lowest BCUT2D eigenvalue weighted by atomic mass is 10.0. The average Bonchev–Trinajstić information content (AvgIpc) is 3.64. The van der Waals surface area contributed by atoms with Gasteiger partial charge in [-0.15, -0.1) is 0 Å². The lowest BCUT2D eigenvalue weighted by Crippen LogP contribution is -2.29. The minimum absolute atomic E-state index is 0.177. The fourth-order valence-corrected chi connectivity index (χ4v) is 5.58. The molecule has 3 aromatic carbocycles. The maximum atomic E-state index is 13.7. The van der Waals surface area contributed by atoms with E-state index < -0.39 is 0 Å². The molecule has 1 unspecified atom stereocenters. The van der Waals surface area contributed by atoms with E-state index in [0.717, 1.165) is 67.9 Å². The number of likely N-dealkylation sites (tertiary alicyclic amines) is 1. The number of carbonyl (C=O) groups is 1. The van der Waals surface area contributed by atoms with Crippen molar-refractivity contribution in [2.45, 2.75) is 31.8 Å². The summed E-state index contributed by atoms with van der Waals surface area (Å²) >= 11 is 0. The molecule has 1 amide bonds. The molecule has 6 rings (SSSR count). The summed E-state index contributed by atoms with van der Waals surface area (Å²) in [7, 11) is 0. The molecule has 3 heterocycles. The average molecular weight is 522 g/mol. The Hall–Kier alpha value is -3.94. The number of H-pyrrole nitrogens is 1. The van der Waals surface area contributed by atoms with E-state index in [1.54, 1.807) is 6.20 Å². The first-order valence-corrected chi connectivity index (χ1v) is 13.9. The molecule has 4 aromatic rings. The highest BCUT2D eigenvalue weighted by Gasteiger charge is 2.24. The van der Waals surface area contributed by atoms with Gasteiger partial charge in [0.15, 0.2) is 0 Å². The van der Waals surface area contributed by atoms with Crippen LogP contribution in [0, 0.1) is 0 Å². The van der Waals surface area contributed by atoms with Crippen LogP contribution in [-0.4, -0.2) is 53.7 Å². The van der Waals surface area contributed by atoms with Gasteiger partial charge in [0, 0.05) is 24.0 Å². The van der Waals surface area contributed by atoms with Gasteiger partial charge in [-0.1, -0.05) is 42.5 Å². The molecule has 0 saturated carbocycles. The van der Waals surface area contributed by atoms with E-state index in [2.05, 4.69) is 50.0 Å². The molecule has 1 fully saturated rings. The van der Waals surface area contributed by atoms with Crippen LogP contribution in [0.5, 0.6) is 5.75 Å². The lowest BCUT2D eigenvalue weighted by molar-refractivity contribution is 0.101. The molecular weight excluding hydrogens is 486 g/mol. The highest BCUT2D eigenvalue weighted by Crippen LogP contribution is 2.32.